The van der Waals surface area contributed by atoms with E-state index in [-0.39, 0.29) is 23.7 Å². The summed E-state index contributed by atoms with van der Waals surface area (Å²) in [6, 6.07) is 19.3. The number of nitrogens with one attached hydrogen (secondary N) is 2. The van der Waals surface area contributed by atoms with Crippen molar-refractivity contribution >= 4 is 34.8 Å². The van der Waals surface area contributed by atoms with Gasteiger partial charge in [-0.15, -0.1) is 0 Å². The van der Waals surface area contributed by atoms with Crippen molar-refractivity contribution < 1.29 is 14.4 Å². The van der Waals surface area contributed by atoms with Crippen molar-refractivity contribution in [2.75, 3.05) is 15.5 Å². The van der Waals surface area contributed by atoms with Gasteiger partial charge in [0.2, 0.25) is 11.8 Å². The highest BCUT2D eigenvalue weighted by molar-refractivity contribution is 6.17. The lowest BCUT2D eigenvalue weighted by Crippen LogP contribution is -2.52. The Morgan fingerprint density at radius 1 is 0.943 bits per heavy atom. The molecule has 0 saturated carbocycles. The average molecular weight is 470 g/mol. The van der Waals surface area contributed by atoms with E-state index in [1.54, 1.807) is 30.3 Å². The molecule has 1 aliphatic rings. The fourth-order valence-corrected chi connectivity index (χ4v) is 4.18. The standard InChI is InChI=1S/C29H31N3O3/c1-18-10-15-22(16-19(18)2)30-26(33)17-25-27(34)31-23-8-6-7-9-24(23)32(25)28(35)20-11-13-21(14-12-20)29(3,4)5/h6-16,25H,17H2,1-5H3,(H,30,33)(H,31,34)/t25-/m0/s1. The van der Waals surface area contributed by atoms with Crippen LogP contribution in [0.5, 0.6) is 0 Å². The quantitative estimate of drug-likeness (QED) is 0.522. The number of rotatable bonds is 4. The monoisotopic (exact) mass is 469 g/mol. The normalized spacial score (nSPS) is 15.3. The van der Waals surface area contributed by atoms with Crippen molar-refractivity contribution in [2.45, 2.75) is 52.5 Å². The maximum absolute atomic E-state index is 13.7. The molecule has 3 aromatic carbocycles. The Morgan fingerprint density at radius 2 is 1.63 bits per heavy atom. The van der Waals surface area contributed by atoms with Gasteiger partial charge in [0.15, 0.2) is 0 Å². The molecule has 1 atom stereocenters. The zero-order valence-electron chi connectivity index (χ0n) is 20.8. The Hall–Kier alpha value is -3.93. The Balaban J connectivity index is 1.64. The fraction of sp³-hybridized carbons (Fsp3) is 0.276. The number of carbonyl (C=O) groups excluding carboxylic acids is 3. The second-order valence-corrected chi connectivity index (χ2v) is 10.1. The first-order valence-corrected chi connectivity index (χ1v) is 11.8. The summed E-state index contributed by atoms with van der Waals surface area (Å²) in [5, 5.41) is 5.72. The van der Waals surface area contributed by atoms with Crippen LogP contribution in [0.1, 0.15) is 54.2 Å². The highest BCUT2D eigenvalue weighted by Crippen LogP contribution is 2.34. The van der Waals surface area contributed by atoms with Gasteiger partial charge in [-0.3, -0.25) is 19.3 Å². The highest BCUT2D eigenvalue weighted by Gasteiger charge is 2.38. The van der Waals surface area contributed by atoms with Crippen LogP contribution in [0.15, 0.2) is 66.7 Å². The van der Waals surface area contributed by atoms with Crippen LogP contribution in [0.2, 0.25) is 0 Å². The molecule has 0 spiro atoms. The van der Waals surface area contributed by atoms with Crippen molar-refractivity contribution in [3.05, 3.63) is 89.0 Å². The summed E-state index contributed by atoms with van der Waals surface area (Å²) in [6.45, 7) is 10.3. The highest BCUT2D eigenvalue weighted by atomic mass is 16.2. The minimum Gasteiger partial charge on any atom is -0.326 e. The average Bonchev–Trinajstić information content (AvgIpc) is 2.81. The largest absolute Gasteiger partial charge is 0.326 e. The number of fused-ring (bicyclic) bond motifs is 1. The molecule has 0 bridgehead atoms. The van der Waals surface area contributed by atoms with Gasteiger partial charge in [0.25, 0.3) is 5.91 Å². The van der Waals surface area contributed by atoms with Crippen LogP contribution in [0.3, 0.4) is 0 Å². The smallest absolute Gasteiger partial charge is 0.259 e. The van der Waals surface area contributed by atoms with Crippen LogP contribution in [0.4, 0.5) is 17.1 Å². The number of amides is 3. The number of anilines is 3. The second-order valence-electron chi connectivity index (χ2n) is 10.1. The maximum Gasteiger partial charge on any atom is 0.259 e. The topological polar surface area (TPSA) is 78.5 Å². The summed E-state index contributed by atoms with van der Waals surface area (Å²) in [7, 11) is 0. The van der Waals surface area contributed by atoms with Crippen LogP contribution in [0, 0.1) is 13.8 Å². The summed E-state index contributed by atoms with van der Waals surface area (Å²) < 4.78 is 0. The van der Waals surface area contributed by atoms with E-state index >= 15 is 0 Å². The van der Waals surface area contributed by atoms with E-state index < -0.39 is 11.9 Å². The van der Waals surface area contributed by atoms with Crippen LogP contribution in [0.25, 0.3) is 0 Å². The molecule has 0 aromatic heterocycles. The van der Waals surface area contributed by atoms with Gasteiger partial charge in [-0.1, -0.05) is 51.1 Å². The number of aryl methyl sites for hydroxylation is 2. The molecule has 0 saturated heterocycles. The molecule has 180 valence electrons. The Morgan fingerprint density at radius 3 is 2.29 bits per heavy atom. The summed E-state index contributed by atoms with van der Waals surface area (Å²) in [6.07, 6.45) is -0.168. The van der Waals surface area contributed by atoms with Gasteiger partial charge in [0.05, 0.1) is 17.8 Å². The molecule has 6 nitrogen and oxygen atoms in total. The predicted octanol–water partition coefficient (Wildman–Crippen LogP) is 5.60. The zero-order valence-corrected chi connectivity index (χ0v) is 20.8. The molecule has 0 aliphatic carbocycles. The van der Waals surface area contributed by atoms with Gasteiger partial charge in [-0.05, 0) is 72.4 Å². The molecule has 3 aromatic rings. The SMILES string of the molecule is Cc1ccc(NC(=O)C[C@H]2C(=O)Nc3ccccc3N2C(=O)c2ccc(C(C)(C)C)cc2)cc1C. The molecular weight excluding hydrogens is 438 g/mol. The zero-order chi connectivity index (χ0) is 25.3. The van der Waals surface area contributed by atoms with Gasteiger partial charge < -0.3 is 10.6 Å². The second kappa shape index (κ2) is 9.37. The molecular formula is C29H31N3O3. The van der Waals surface area contributed by atoms with Crippen LogP contribution < -0.4 is 15.5 Å². The van der Waals surface area contributed by atoms with Crippen molar-refractivity contribution in [3.8, 4) is 0 Å². The number of nitrogens with zero attached hydrogens (tertiary/aromatic N) is 1. The maximum atomic E-state index is 13.7. The van der Waals surface area contributed by atoms with E-state index in [0.717, 1.165) is 16.7 Å². The third kappa shape index (κ3) is 5.11. The van der Waals surface area contributed by atoms with E-state index in [1.807, 2.05) is 50.2 Å². The molecule has 3 amide bonds. The summed E-state index contributed by atoms with van der Waals surface area (Å²) in [4.78, 5) is 41.2. The van der Waals surface area contributed by atoms with Crippen molar-refractivity contribution in [2.24, 2.45) is 0 Å². The summed E-state index contributed by atoms with van der Waals surface area (Å²) in [5.74, 6) is -1.05. The Bertz CT molecular complexity index is 1290. The number of benzene rings is 3. The molecule has 0 unspecified atom stereocenters. The van der Waals surface area contributed by atoms with Crippen molar-refractivity contribution in [3.63, 3.8) is 0 Å². The number of para-hydroxylation sites is 2. The Kier molecular flexibility index (Phi) is 6.48. The predicted molar refractivity (Wildman–Crippen MR) is 140 cm³/mol. The van der Waals surface area contributed by atoms with E-state index in [9.17, 15) is 14.4 Å². The van der Waals surface area contributed by atoms with Crippen LogP contribution >= 0.6 is 0 Å². The first kappa shape index (κ1) is 24.2. The molecule has 0 fully saturated rings. The van der Waals surface area contributed by atoms with Crippen LogP contribution in [-0.2, 0) is 15.0 Å². The van der Waals surface area contributed by atoms with Crippen LogP contribution in [-0.4, -0.2) is 23.8 Å². The molecule has 0 radical (unpaired) electrons. The number of carbonyl (C=O) groups is 3. The first-order chi connectivity index (χ1) is 16.5. The molecule has 1 heterocycles. The van der Waals surface area contributed by atoms with E-state index in [4.69, 9.17) is 0 Å². The minimum atomic E-state index is -0.980. The first-order valence-electron chi connectivity index (χ1n) is 11.8. The van der Waals surface area contributed by atoms with Gasteiger partial charge in [-0.25, -0.2) is 0 Å². The minimum absolute atomic E-state index is 0.0475. The molecule has 2 N–H and O–H groups in total. The Labute approximate surface area is 206 Å². The number of hydrogen-bond donors (Lipinski definition) is 2. The lowest BCUT2D eigenvalue weighted by Gasteiger charge is -2.36. The van der Waals surface area contributed by atoms with Gasteiger partial charge in [0.1, 0.15) is 6.04 Å². The van der Waals surface area contributed by atoms with E-state index in [0.29, 0.717) is 22.6 Å². The van der Waals surface area contributed by atoms with Crippen molar-refractivity contribution in [1.29, 1.82) is 0 Å². The molecule has 1 aliphatic heterocycles. The molecule has 6 heteroatoms. The lowest BCUT2D eigenvalue weighted by molar-refractivity contribution is -0.122. The van der Waals surface area contributed by atoms with Gasteiger partial charge in [-0.2, -0.15) is 0 Å². The lowest BCUT2D eigenvalue weighted by atomic mass is 9.86. The third-order valence-electron chi connectivity index (χ3n) is 6.42. The molecule has 4 rings (SSSR count). The molecule has 35 heavy (non-hydrogen) atoms. The fourth-order valence-electron chi connectivity index (χ4n) is 4.18. The van der Waals surface area contributed by atoms with E-state index in [2.05, 4.69) is 31.4 Å². The van der Waals surface area contributed by atoms with E-state index in [1.165, 1.54) is 4.90 Å². The summed E-state index contributed by atoms with van der Waals surface area (Å²) in [5.41, 5.74) is 5.48. The summed E-state index contributed by atoms with van der Waals surface area (Å²) >= 11 is 0. The van der Waals surface area contributed by atoms with Gasteiger partial charge in [0, 0.05) is 11.3 Å². The third-order valence-corrected chi connectivity index (χ3v) is 6.42. The van der Waals surface area contributed by atoms with Crippen molar-refractivity contribution in [1.82, 2.24) is 0 Å². The number of hydrogen-bond acceptors (Lipinski definition) is 3. The van der Waals surface area contributed by atoms with Gasteiger partial charge >= 0.3 is 0 Å².